The molecule has 2 aromatic rings. The van der Waals surface area contributed by atoms with Crippen LogP contribution >= 0.6 is 0 Å². The smallest absolute Gasteiger partial charge is 0.232 e. The summed E-state index contributed by atoms with van der Waals surface area (Å²) in [7, 11) is 3.13. The number of hydrogen-bond donors (Lipinski definition) is 0. The summed E-state index contributed by atoms with van der Waals surface area (Å²) in [4.78, 5) is 29.0. The minimum absolute atomic E-state index is 0.0352. The van der Waals surface area contributed by atoms with E-state index in [0.29, 0.717) is 30.3 Å². The van der Waals surface area contributed by atoms with Gasteiger partial charge < -0.3 is 19.3 Å². The minimum atomic E-state index is -0.385. The molecule has 27 heavy (non-hydrogen) atoms. The van der Waals surface area contributed by atoms with Gasteiger partial charge in [0.25, 0.3) is 0 Å². The van der Waals surface area contributed by atoms with Crippen LogP contribution in [-0.2, 0) is 9.59 Å². The van der Waals surface area contributed by atoms with Crippen LogP contribution in [0.4, 0.5) is 11.4 Å². The zero-order chi connectivity index (χ0) is 19.4. The lowest BCUT2D eigenvalue weighted by Crippen LogP contribution is -2.37. The zero-order valence-electron chi connectivity index (χ0n) is 15.8. The zero-order valence-corrected chi connectivity index (χ0v) is 15.8. The predicted molar refractivity (Wildman–Crippen MR) is 104 cm³/mol. The highest BCUT2D eigenvalue weighted by atomic mass is 16.5. The number of ether oxygens (including phenoxy) is 2. The van der Waals surface area contributed by atoms with Gasteiger partial charge in [-0.2, -0.15) is 0 Å². The van der Waals surface area contributed by atoms with E-state index < -0.39 is 0 Å². The molecule has 2 aromatic carbocycles. The Labute approximate surface area is 159 Å². The lowest BCUT2D eigenvalue weighted by atomic mass is 10.1. The third-order valence-electron chi connectivity index (χ3n) is 4.80. The Morgan fingerprint density at radius 1 is 1.15 bits per heavy atom. The lowest BCUT2D eigenvalue weighted by molar-refractivity contribution is -0.124. The second-order valence-corrected chi connectivity index (χ2v) is 6.36. The molecule has 2 amide bonds. The first-order valence-corrected chi connectivity index (χ1v) is 8.97. The average Bonchev–Trinajstić information content (AvgIpc) is 3.10. The van der Waals surface area contributed by atoms with E-state index in [2.05, 4.69) is 0 Å². The molecule has 0 unspecified atom stereocenters. The van der Waals surface area contributed by atoms with E-state index in [9.17, 15) is 9.59 Å². The van der Waals surface area contributed by atoms with E-state index >= 15 is 0 Å². The van der Waals surface area contributed by atoms with Crippen molar-refractivity contribution in [3.05, 3.63) is 48.5 Å². The SMILES string of the molecule is CCN(C(=O)[C@H]1CC(=O)N(c2ccc(OC)cc2OC)C1)c1ccccc1. The van der Waals surface area contributed by atoms with Gasteiger partial charge in [0.2, 0.25) is 11.8 Å². The van der Waals surface area contributed by atoms with Crippen molar-refractivity contribution in [2.45, 2.75) is 13.3 Å². The molecule has 0 aromatic heterocycles. The highest BCUT2D eigenvalue weighted by Gasteiger charge is 2.38. The average molecular weight is 368 g/mol. The van der Waals surface area contributed by atoms with E-state index in [4.69, 9.17) is 9.47 Å². The molecule has 1 saturated heterocycles. The van der Waals surface area contributed by atoms with Crippen LogP contribution < -0.4 is 19.3 Å². The van der Waals surface area contributed by atoms with Crippen LogP contribution in [0.25, 0.3) is 0 Å². The van der Waals surface area contributed by atoms with Crippen molar-refractivity contribution in [2.24, 2.45) is 5.92 Å². The number of amides is 2. The van der Waals surface area contributed by atoms with Crippen LogP contribution in [-0.4, -0.2) is 39.1 Å². The number of methoxy groups -OCH3 is 2. The van der Waals surface area contributed by atoms with Gasteiger partial charge in [0.05, 0.1) is 25.8 Å². The van der Waals surface area contributed by atoms with Crippen LogP contribution in [0.2, 0.25) is 0 Å². The summed E-state index contributed by atoms with van der Waals surface area (Å²) in [6, 6.07) is 14.8. The van der Waals surface area contributed by atoms with Gasteiger partial charge in [-0.25, -0.2) is 0 Å². The minimum Gasteiger partial charge on any atom is -0.497 e. The standard InChI is InChI=1S/C21H24N2O4/c1-4-22(16-8-6-5-7-9-16)21(25)15-12-20(24)23(14-15)18-11-10-17(26-2)13-19(18)27-3/h5-11,13,15H,4,12,14H2,1-3H3/t15-/m0/s1. The fraction of sp³-hybridized carbons (Fsp3) is 0.333. The molecule has 3 rings (SSSR count). The number of nitrogens with zero attached hydrogens (tertiary/aromatic N) is 2. The van der Waals surface area contributed by atoms with Crippen molar-refractivity contribution in [3.63, 3.8) is 0 Å². The molecular weight excluding hydrogens is 344 g/mol. The highest BCUT2D eigenvalue weighted by Crippen LogP contribution is 2.36. The third kappa shape index (κ3) is 3.74. The quantitative estimate of drug-likeness (QED) is 0.786. The van der Waals surface area contributed by atoms with E-state index in [-0.39, 0.29) is 24.2 Å². The van der Waals surface area contributed by atoms with Gasteiger partial charge in [0.15, 0.2) is 0 Å². The number of hydrogen-bond acceptors (Lipinski definition) is 4. The molecule has 1 aliphatic rings. The van der Waals surface area contributed by atoms with Crippen molar-refractivity contribution >= 4 is 23.2 Å². The fourth-order valence-corrected chi connectivity index (χ4v) is 3.41. The fourth-order valence-electron chi connectivity index (χ4n) is 3.41. The summed E-state index contributed by atoms with van der Waals surface area (Å²) in [6.07, 6.45) is 0.192. The lowest BCUT2D eigenvalue weighted by Gasteiger charge is -2.24. The summed E-state index contributed by atoms with van der Waals surface area (Å²) in [5.74, 6) is 0.694. The highest BCUT2D eigenvalue weighted by molar-refractivity contribution is 6.05. The number of benzene rings is 2. The van der Waals surface area contributed by atoms with Crippen LogP contribution in [0.1, 0.15) is 13.3 Å². The van der Waals surface area contributed by atoms with Crippen molar-refractivity contribution in [1.29, 1.82) is 0 Å². The molecule has 0 spiro atoms. The maximum atomic E-state index is 13.1. The first kappa shape index (κ1) is 18.8. The molecule has 6 nitrogen and oxygen atoms in total. The monoisotopic (exact) mass is 368 g/mol. The molecule has 1 atom stereocenters. The van der Waals surface area contributed by atoms with Crippen LogP contribution in [0, 0.1) is 5.92 Å². The van der Waals surface area contributed by atoms with Gasteiger partial charge in [-0.05, 0) is 31.2 Å². The molecule has 1 aliphatic heterocycles. The van der Waals surface area contributed by atoms with E-state index in [1.807, 2.05) is 37.3 Å². The number of para-hydroxylation sites is 1. The Morgan fingerprint density at radius 3 is 2.52 bits per heavy atom. The van der Waals surface area contributed by atoms with E-state index in [0.717, 1.165) is 5.69 Å². The summed E-state index contributed by atoms with van der Waals surface area (Å²) in [5, 5.41) is 0. The van der Waals surface area contributed by atoms with Gasteiger partial charge >= 0.3 is 0 Å². The Morgan fingerprint density at radius 2 is 1.89 bits per heavy atom. The van der Waals surface area contributed by atoms with Crippen LogP contribution in [0.3, 0.4) is 0 Å². The van der Waals surface area contributed by atoms with Crippen molar-refractivity contribution in [2.75, 3.05) is 37.1 Å². The Bertz CT molecular complexity index is 822. The van der Waals surface area contributed by atoms with Gasteiger partial charge in [0, 0.05) is 31.3 Å². The molecule has 0 N–H and O–H groups in total. The maximum absolute atomic E-state index is 13.1. The van der Waals surface area contributed by atoms with Crippen molar-refractivity contribution in [1.82, 2.24) is 0 Å². The largest absolute Gasteiger partial charge is 0.497 e. The predicted octanol–water partition coefficient (Wildman–Crippen LogP) is 3.11. The summed E-state index contributed by atoms with van der Waals surface area (Å²) >= 11 is 0. The van der Waals surface area contributed by atoms with Gasteiger partial charge in [-0.3, -0.25) is 9.59 Å². The summed E-state index contributed by atoms with van der Waals surface area (Å²) in [5.41, 5.74) is 1.50. The Hall–Kier alpha value is -3.02. The number of carbonyl (C=O) groups excluding carboxylic acids is 2. The van der Waals surface area contributed by atoms with Gasteiger partial charge in [-0.15, -0.1) is 0 Å². The van der Waals surface area contributed by atoms with Crippen molar-refractivity contribution in [3.8, 4) is 11.5 Å². The number of anilines is 2. The maximum Gasteiger partial charge on any atom is 0.232 e. The molecule has 142 valence electrons. The molecular formula is C21H24N2O4. The van der Waals surface area contributed by atoms with E-state index in [1.54, 1.807) is 42.2 Å². The molecule has 0 aliphatic carbocycles. The van der Waals surface area contributed by atoms with Gasteiger partial charge in [0.1, 0.15) is 11.5 Å². The van der Waals surface area contributed by atoms with Gasteiger partial charge in [-0.1, -0.05) is 18.2 Å². The first-order chi connectivity index (χ1) is 13.1. The molecule has 1 fully saturated rings. The number of carbonyl (C=O) groups is 2. The second kappa shape index (κ2) is 8.12. The molecule has 0 radical (unpaired) electrons. The van der Waals surface area contributed by atoms with Crippen LogP contribution in [0.15, 0.2) is 48.5 Å². The molecule has 0 saturated carbocycles. The Balaban J connectivity index is 1.82. The summed E-state index contributed by atoms with van der Waals surface area (Å²) < 4.78 is 10.6. The second-order valence-electron chi connectivity index (χ2n) is 6.36. The van der Waals surface area contributed by atoms with Crippen LogP contribution in [0.5, 0.6) is 11.5 Å². The normalized spacial score (nSPS) is 16.3. The molecule has 0 bridgehead atoms. The Kier molecular flexibility index (Phi) is 5.64. The topological polar surface area (TPSA) is 59.1 Å². The third-order valence-corrected chi connectivity index (χ3v) is 4.80. The van der Waals surface area contributed by atoms with Crippen molar-refractivity contribution < 1.29 is 19.1 Å². The first-order valence-electron chi connectivity index (χ1n) is 8.97. The molecule has 1 heterocycles. The summed E-state index contributed by atoms with van der Waals surface area (Å²) in [6.45, 7) is 2.83. The van der Waals surface area contributed by atoms with E-state index in [1.165, 1.54) is 0 Å². The number of rotatable bonds is 6. The molecule has 6 heteroatoms.